The van der Waals surface area contributed by atoms with Crippen LogP contribution in [0.2, 0.25) is 0 Å². The van der Waals surface area contributed by atoms with Crippen molar-refractivity contribution in [2.24, 2.45) is 0 Å². The van der Waals surface area contributed by atoms with Gasteiger partial charge in [0.2, 0.25) is 0 Å². The fraction of sp³-hybridized carbons (Fsp3) is 0.538. The SMILES string of the molecule is Fc1c(C2CCNCC2)cc2c(c1Br)OCCO2. The van der Waals surface area contributed by atoms with Crippen molar-refractivity contribution in [3.05, 3.63) is 21.9 Å². The highest BCUT2D eigenvalue weighted by molar-refractivity contribution is 9.10. The molecule has 0 aromatic heterocycles. The molecule has 0 spiro atoms. The van der Waals surface area contributed by atoms with Crippen LogP contribution in [-0.2, 0) is 0 Å². The van der Waals surface area contributed by atoms with E-state index in [0.717, 1.165) is 31.5 Å². The highest BCUT2D eigenvalue weighted by Crippen LogP contribution is 2.43. The molecule has 0 atom stereocenters. The van der Waals surface area contributed by atoms with Gasteiger partial charge in [0.25, 0.3) is 0 Å². The van der Waals surface area contributed by atoms with E-state index in [1.54, 1.807) is 0 Å². The van der Waals surface area contributed by atoms with Crippen LogP contribution >= 0.6 is 15.9 Å². The molecule has 5 heteroatoms. The van der Waals surface area contributed by atoms with Gasteiger partial charge in [-0.15, -0.1) is 0 Å². The third-order valence-electron chi connectivity index (χ3n) is 3.52. The lowest BCUT2D eigenvalue weighted by Crippen LogP contribution is -2.27. The molecule has 2 heterocycles. The lowest BCUT2D eigenvalue weighted by molar-refractivity contribution is 0.169. The van der Waals surface area contributed by atoms with Crippen LogP contribution in [0.4, 0.5) is 4.39 Å². The van der Waals surface area contributed by atoms with E-state index in [4.69, 9.17) is 9.47 Å². The maximum absolute atomic E-state index is 14.4. The monoisotopic (exact) mass is 315 g/mol. The summed E-state index contributed by atoms with van der Waals surface area (Å²) in [4.78, 5) is 0. The maximum Gasteiger partial charge on any atom is 0.178 e. The molecule has 98 valence electrons. The number of halogens is 2. The molecule has 0 saturated carbocycles. The summed E-state index contributed by atoms with van der Waals surface area (Å²) in [6, 6.07) is 1.81. The van der Waals surface area contributed by atoms with Crippen LogP contribution in [0.25, 0.3) is 0 Å². The van der Waals surface area contributed by atoms with Crippen LogP contribution in [-0.4, -0.2) is 26.3 Å². The Bertz CT molecular complexity index is 461. The van der Waals surface area contributed by atoms with Crippen molar-refractivity contribution in [3.63, 3.8) is 0 Å². The van der Waals surface area contributed by atoms with Crippen LogP contribution in [0.1, 0.15) is 24.3 Å². The second-order valence-electron chi connectivity index (χ2n) is 4.64. The Morgan fingerprint density at radius 3 is 2.72 bits per heavy atom. The Kier molecular flexibility index (Phi) is 3.43. The van der Waals surface area contributed by atoms with Gasteiger partial charge in [-0.05, 0) is 59.4 Å². The standard InChI is InChI=1S/C13H15BrFNO2/c14-11-12(15)9(8-1-3-16-4-2-8)7-10-13(11)18-6-5-17-10/h7-8,16H,1-6H2. The smallest absolute Gasteiger partial charge is 0.178 e. The minimum absolute atomic E-state index is 0.203. The number of ether oxygens (including phenoxy) is 2. The van der Waals surface area contributed by atoms with Crippen molar-refractivity contribution in [2.45, 2.75) is 18.8 Å². The highest BCUT2D eigenvalue weighted by atomic mass is 79.9. The number of rotatable bonds is 1. The summed E-state index contributed by atoms with van der Waals surface area (Å²) in [7, 11) is 0. The van der Waals surface area contributed by atoms with E-state index in [9.17, 15) is 4.39 Å². The van der Waals surface area contributed by atoms with Gasteiger partial charge in [0.15, 0.2) is 11.5 Å². The van der Waals surface area contributed by atoms with Gasteiger partial charge in [0, 0.05) is 0 Å². The molecule has 0 radical (unpaired) electrons. The molecule has 1 aromatic rings. The Labute approximate surface area is 114 Å². The molecule has 2 aliphatic heterocycles. The average molecular weight is 316 g/mol. The van der Waals surface area contributed by atoms with Gasteiger partial charge >= 0.3 is 0 Å². The molecule has 0 bridgehead atoms. The molecule has 0 amide bonds. The van der Waals surface area contributed by atoms with Gasteiger partial charge in [-0.2, -0.15) is 0 Å². The molecule has 1 N–H and O–H groups in total. The first kappa shape index (κ1) is 12.2. The van der Waals surface area contributed by atoms with E-state index in [1.807, 2.05) is 6.07 Å². The summed E-state index contributed by atoms with van der Waals surface area (Å²) in [5.74, 6) is 1.21. The molecule has 1 saturated heterocycles. The molecule has 18 heavy (non-hydrogen) atoms. The van der Waals surface area contributed by atoms with Crippen molar-refractivity contribution in [1.29, 1.82) is 0 Å². The number of nitrogens with one attached hydrogen (secondary N) is 1. The molecule has 3 rings (SSSR count). The van der Waals surface area contributed by atoms with E-state index in [0.29, 0.717) is 29.2 Å². The number of piperidine rings is 1. The van der Waals surface area contributed by atoms with Crippen LogP contribution in [0.5, 0.6) is 11.5 Å². The van der Waals surface area contributed by atoms with Crippen LogP contribution in [0.15, 0.2) is 10.5 Å². The van der Waals surface area contributed by atoms with Gasteiger partial charge in [-0.1, -0.05) is 0 Å². The van der Waals surface area contributed by atoms with Gasteiger partial charge in [0.05, 0.1) is 4.47 Å². The molecule has 0 aliphatic carbocycles. The van der Waals surface area contributed by atoms with Gasteiger partial charge in [0.1, 0.15) is 19.0 Å². The number of fused-ring (bicyclic) bond motifs is 1. The summed E-state index contributed by atoms with van der Waals surface area (Å²) >= 11 is 3.29. The van der Waals surface area contributed by atoms with E-state index in [1.165, 1.54) is 0 Å². The zero-order valence-electron chi connectivity index (χ0n) is 9.97. The van der Waals surface area contributed by atoms with Crippen LogP contribution in [0.3, 0.4) is 0 Å². The number of benzene rings is 1. The van der Waals surface area contributed by atoms with E-state index in [-0.39, 0.29) is 11.7 Å². The number of hydrogen-bond donors (Lipinski definition) is 1. The summed E-state index contributed by atoms with van der Waals surface area (Å²) in [5, 5.41) is 3.29. The second-order valence-corrected chi connectivity index (χ2v) is 5.44. The Balaban J connectivity index is 2.01. The van der Waals surface area contributed by atoms with Crippen molar-refractivity contribution in [3.8, 4) is 11.5 Å². The zero-order valence-corrected chi connectivity index (χ0v) is 11.6. The average Bonchev–Trinajstić information content (AvgIpc) is 2.44. The molecule has 2 aliphatic rings. The fourth-order valence-electron chi connectivity index (χ4n) is 2.57. The first-order chi connectivity index (χ1) is 8.77. The lowest BCUT2D eigenvalue weighted by atomic mass is 9.89. The first-order valence-electron chi connectivity index (χ1n) is 6.25. The fourth-order valence-corrected chi connectivity index (χ4v) is 3.11. The normalized spacial score (nSPS) is 19.9. The Morgan fingerprint density at radius 2 is 1.94 bits per heavy atom. The molecule has 3 nitrogen and oxygen atoms in total. The zero-order chi connectivity index (χ0) is 12.5. The van der Waals surface area contributed by atoms with Gasteiger partial charge in [-0.3, -0.25) is 0 Å². The van der Waals surface area contributed by atoms with Crippen molar-refractivity contribution >= 4 is 15.9 Å². The quantitative estimate of drug-likeness (QED) is 0.864. The molecule has 1 fully saturated rings. The van der Waals surface area contributed by atoms with Crippen LogP contribution in [0, 0.1) is 5.82 Å². The summed E-state index contributed by atoms with van der Waals surface area (Å²) in [5.41, 5.74) is 0.743. The summed E-state index contributed by atoms with van der Waals surface area (Å²) in [6.45, 7) is 2.88. The lowest BCUT2D eigenvalue weighted by Gasteiger charge is -2.26. The van der Waals surface area contributed by atoms with Crippen LogP contribution < -0.4 is 14.8 Å². The molecular formula is C13H15BrFNO2. The topological polar surface area (TPSA) is 30.5 Å². The van der Waals surface area contributed by atoms with Gasteiger partial charge < -0.3 is 14.8 Å². The first-order valence-corrected chi connectivity index (χ1v) is 7.05. The van der Waals surface area contributed by atoms with E-state index in [2.05, 4.69) is 21.2 Å². The molecule has 1 aromatic carbocycles. The van der Waals surface area contributed by atoms with Crippen molar-refractivity contribution < 1.29 is 13.9 Å². The molecule has 0 unspecified atom stereocenters. The van der Waals surface area contributed by atoms with E-state index < -0.39 is 0 Å². The van der Waals surface area contributed by atoms with Crippen molar-refractivity contribution in [1.82, 2.24) is 5.32 Å². The minimum atomic E-state index is -0.203. The second kappa shape index (κ2) is 5.05. The third kappa shape index (κ3) is 2.10. The predicted octanol–water partition coefficient (Wildman–Crippen LogP) is 2.83. The number of hydrogen-bond acceptors (Lipinski definition) is 3. The Hall–Kier alpha value is -0.810. The highest BCUT2D eigenvalue weighted by Gasteiger charge is 2.26. The third-order valence-corrected chi connectivity index (χ3v) is 4.23. The predicted molar refractivity (Wildman–Crippen MR) is 69.9 cm³/mol. The molecular weight excluding hydrogens is 301 g/mol. The summed E-state index contributed by atoms with van der Waals surface area (Å²) in [6.07, 6.45) is 1.92. The maximum atomic E-state index is 14.4. The van der Waals surface area contributed by atoms with E-state index >= 15 is 0 Å². The minimum Gasteiger partial charge on any atom is -0.486 e. The largest absolute Gasteiger partial charge is 0.486 e. The summed E-state index contributed by atoms with van der Waals surface area (Å²) < 4.78 is 25.8. The van der Waals surface area contributed by atoms with Crippen molar-refractivity contribution in [2.75, 3.05) is 26.3 Å². The Morgan fingerprint density at radius 1 is 1.22 bits per heavy atom. The van der Waals surface area contributed by atoms with Gasteiger partial charge in [-0.25, -0.2) is 4.39 Å².